The fourth-order valence-electron chi connectivity index (χ4n) is 2.55. The second-order valence-electron chi connectivity index (χ2n) is 6.30. The quantitative estimate of drug-likeness (QED) is 0.830. The third kappa shape index (κ3) is 2.68. The summed E-state index contributed by atoms with van der Waals surface area (Å²) in [6, 6.07) is 3.56. The Balaban J connectivity index is 2.28. The van der Waals surface area contributed by atoms with Crippen molar-refractivity contribution in [2.45, 2.75) is 52.5 Å². The molecular formula is C15H22FN. The van der Waals surface area contributed by atoms with Crippen LogP contribution in [0.2, 0.25) is 0 Å². The van der Waals surface area contributed by atoms with Gasteiger partial charge in [0.1, 0.15) is 5.82 Å². The maximum Gasteiger partial charge on any atom is 0.126 e. The van der Waals surface area contributed by atoms with E-state index < -0.39 is 0 Å². The van der Waals surface area contributed by atoms with Gasteiger partial charge in [0.05, 0.1) is 0 Å². The second-order valence-corrected chi connectivity index (χ2v) is 6.30. The van der Waals surface area contributed by atoms with Gasteiger partial charge in [-0.05, 0) is 53.9 Å². The van der Waals surface area contributed by atoms with Gasteiger partial charge in [0.15, 0.2) is 0 Å². The predicted octanol–water partition coefficient (Wildman–Crippen LogP) is 3.75. The molecule has 17 heavy (non-hydrogen) atoms. The lowest BCUT2D eigenvalue weighted by Crippen LogP contribution is -2.10. The van der Waals surface area contributed by atoms with Gasteiger partial charge in [-0.15, -0.1) is 0 Å². The molecule has 2 N–H and O–H groups in total. The molecular weight excluding hydrogens is 213 g/mol. The Morgan fingerprint density at radius 3 is 2.71 bits per heavy atom. The third-order valence-electron chi connectivity index (χ3n) is 3.64. The van der Waals surface area contributed by atoms with Crippen LogP contribution in [0, 0.1) is 11.2 Å². The maximum absolute atomic E-state index is 13.9. The molecule has 94 valence electrons. The Morgan fingerprint density at radius 1 is 1.35 bits per heavy atom. The zero-order valence-corrected chi connectivity index (χ0v) is 11.0. The maximum atomic E-state index is 13.9. The second kappa shape index (κ2) is 4.41. The molecule has 0 fully saturated rings. The van der Waals surface area contributed by atoms with Crippen molar-refractivity contribution in [3.05, 3.63) is 34.6 Å². The summed E-state index contributed by atoms with van der Waals surface area (Å²) in [5.41, 5.74) is 9.52. The van der Waals surface area contributed by atoms with Crippen LogP contribution in [0.3, 0.4) is 0 Å². The van der Waals surface area contributed by atoms with E-state index in [-0.39, 0.29) is 17.3 Å². The summed E-state index contributed by atoms with van der Waals surface area (Å²) in [5, 5.41) is 0. The standard InChI is InChI=1S/C15H22FN/c1-15(2,3)9-8-11-10-5-7-14(17)12(10)4-6-13(11)16/h4,6,14H,5,7-9,17H2,1-3H3/t14-/m1/s1. The van der Waals surface area contributed by atoms with Gasteiger partial charge < -0.3 is 5.73 Å². The molecule has 1 nitrogen and oxygen atoms in total. The van der Waals surface area contributed by atoms with Crippen LogP contribution in [0.5, 0.6) is 0 Å². The fourth-order valence-corrected chi connectivity index (χ4v) is 2.55. The molecule has 1 aliphatic rings. The predicted molar refractivity (Wildman–Crippen MR) is 69.4 cm³/mol. The van der Waals surface area contributed by atoms with Crippen LogP contribution in [0.25, 0.3) is 0 Å². The minimum Gasteiger partial charge on any atom is -0.324 e. The first-order valence-electron chi connectivity index (χ1n) is 6.44. The molecule has 1 aromatic rings. The number of rotatable bonds is 2. The first-order chi connectivity index (χ1) is 7.88. The van der Waals surface area contributed by atoms with E-state index in [2.05, 4.69) is 20.8 Å². The van der Waals surface area contributed by atoms with Crippen molar-refractivity contribution in [2.24, 2.45) is 11.1 Å². The lowest BCUT2D eigenvalue weighted by molar-refractivity contribution is 0.375. The summed E-state index contributed by atoms with van der Waals surface area (Å²) < 4.78 is 13.9. The van der Waals surface area contributed by atoms with Gasteiger partial charge >= 0.3 is 0 Å². The largest absolute Gasteiger partial charge is 0.324 e. The van der Waals surface area contributed by atoms with Gasteiger partial charge in [0.25, 0.3) is 0 Å². The van der Waals surface area contributed by atoms with Crippen LogP contribution in [-0.4, -0.2) is 0 Å². The molecule has 0 heterocycles. The van der Waals surface area contributed by atoms with E-state index in [9.17, 15) is 4.39 Å². The first-order valence-corrected chi connectivity index (χ1v) is 6.44. The lowest BCUT2D eigenvalue weighted by atomic mass is 9.87. The van der Waals surface area contributed by atoms with Crippen LogP contribution in [0.1, 0.15) is 56.3 Å². The van der Waals surface area contributed by atoms with Gasteiger partial charge in [-0.3, -0.25) is 0 Å². The molecule has 1 aliphatic carbocycles. The van der Waals surface area contributed by atoms with Crippen LogP contribution in [0.15, 0.2) is 12.1 Å². The molecule has 0 bridgehead atoms. The Bertz CT molecular complexity index is 418. The molecule has 0 aromatic heterocycles. The van der Waals surface area contributed by atoms with E-state index in [0.29, 0.717) is 0 Å². The molecule has 1 aromatic carbocycles. The summed E-state index contributed by atoms with van der Waals surface area (Å²) in [6.07, 6.45) is 3.73. The summed E-state index contributed by atoms with van der Waals surface area (Å²) >= 11 is 0. The van der Waals surface area contributed by atoms with Crippen molar-refractivity contribution in [3.8, 4) is 0 Å². The van der Waals surface area contributed by atoms with Gasteiger partial charge in [0.2, 0.25) is 0 Å². The highest BCUT2D eigenvalue weighted by Crippen LogP contribution is 2.34. The van der Waals surface area contributed by atoms with E-state index in [1.807, 2.05) is 6.07 Å². The molecule has 2 heteroatoms. The minimum atomic E-state index is -0.0536. The Hall–Kier alpha value is -0.890. The highest BCUT2D eigenvalue weighted by molar-refractivity contribution is 5.41. The molecule has 0 spiro atoms. The van der Waals surface area contributed by atoms with Crippen LogP contribution in [0.4, 0.5) is 4.39 Å². The molecule has 0 aliphatic heterocycles. The molecule has 1 atom stereocenters. The molecule has 0 unspecified atom stereocenters. The zero-order chi connectivity index (χ0) is 12.6. The highest BCUT2D eigenvalue weighted by atomic mass is 19.1. The summed E-state index contributed by atoms with van der Waals surface area (Å²) in [7, 11) is 0. The zero-order valence-electron chi connectivity index (χ0n) is 11.0. The summed E-state index contributed by atoms with van der Waals surface area (Å²) in [4.78, 5) is 0. The Kier molecular flexibility index (Phi) is 3.26. The average molecular weight is 235 g/mol. The van der Waals surface area contributed by atoms with Crippen LogP contribution >= 0.6 is 0 Å². The minimum absolute atomic E-state index is 0.0536. The van der Waals surface area contributed by atoms with Crippen LogP contribution in [-0.2, 0) is 12.8 Å². The lowest BCUT2D eigenvalue weighted by Gasteiger charge is -2.19. The summed E-state index contributed by atoms with van der Waals surface area (Å²) in [6.45, 7) is 6.58. The topological polar surface area (TPSA) is 26.0 Å². The normalized spacial score (nSPS) is 19.5. The Labute approximate surface area is 103 Å². The van der Waals surface area contributed by atoms with E-state index in [1.54, 1.807) is 6.07 Å². The number of nitrogens with two attached hydrogens (primary N) is 1. The molecule has 0 amide bonds. The summed E-state index contributed by atoms with van der Waals surface area (Å²) in [5.74, 6) is -0.0536. The monoisotopic (exact) mass is 235 g/mol. The molecule has 0 radical (unpaired) electrons. The average Bonchev–Trinajstić information content (AvgIpc) is 2.57. The number of hydrogen-bond donors (Lipinski definition) is 1. The Morgan fingerprint density at radius 2 is 2.06 bits per heavy atom. The number of hydrogen-bond acceptors (Lipinski definition) is 1. The molecule has 2 rings (SSSR count). The van der Waals surface area contributed by atoms with E-state index >= 15 is 0 Å². The highest BCUT2D eigenvalue weighted by Gasteiger charge is 2.24. The molecule has 0 saturated heterocycles. The third-order valence-corrected chi connectivity index (χ3v) is 3.64. The first kappa shape index (κ1) is 12.6. The van der Waals surface area contributed by atoms with Crippen molar-refractivity contribution in [1.29, 1.82) is 0 Å². The van der Waals surface area contributed by atoms with E-state index in [0.717, 1.165) is 36.8 Å². The smallest absolute Gasteiger partial charge is 0.126 e. The van der Waals surface area contributed by atoms with Gasteiger partial charge in [0, 0.05) is 6.04 Å². The van der Waals surface area contributed by atoms with Gasteiger partial charge in [-0.2, -0.15) is 0 Å². The van der Waals surface area contributed by atoms with Crippen molar-refractivity contribution in [2.75, 3.05) is 0 Å². The van der Waals surface area contributed by atoms with Crippen molar-refractivity contribution >= 4 is 0 Å². The number of halogens is 1. The van der Waals surface area contributed by atoms with Crippen LogP contribution < -0.4 is 5.73 Å². The van der Waals surface area contributed by atoms with E-state index in [1.165, 1.54) is 5.56 Å². The SMILES string of the molecule is CC(C)(C)CCc1c(F)ccc2c1CC[C@H]2N. The van der Waals surface area contributed by atoms with Crippen molar-refractivity contribution in [1.82, 2.24) is 0 Å². The molecule has 0 saturated carbocycles. The van der Waals surface area contributed by atoms with Crippen molar-refractivity contribution < 1.29 is 4.39 Å². The number of fused-ring (bicyclic) bond motifs is 1. The fraction of sp³-hybridized carbons (Fsp3) is 0.600. The van der Waals surface area contributed by atoms with Crippen molar-refractivity contribution in [3.63, 3.8) is 0 Å². The van der Waals surface area contributed by atoms with E-state index in [4.69, 9.17) is 5.73 Å². The van der Waals surface area contributed by atoms with Gasteiger partial charge in [-0.25, -0.2) is 4.39 Å². The van der Waals surface area contributed by atoms with Gasteiger partial charge in [-0.1, -0.05) is 26.8 Å². The number of benzene rings is 1.